The number of hydrogen-bond acceptors (Lipinski definition) is 5. The summed E-state index contributed by atoms with van der Waals surface area (Å²) in [5.41, 5.74) is 2.32. The Bertz CT molecular complexity index is 577. The maximum absolute atomic E-state index is 11.6. The van der Waals surface area contributed by atoms with Crippen LogP contribution in [-0.4, -0.2) is 37.8 Å². The lowest BCUT2D eigenvalue weighted by Gasteiger charge is -2.19. The average Bonchev–Trinajstić information content (AvgIpc) is 2.45. The highest BCUT2D eigenvalue weighted by Crippen LogP contribution is 2.22. The van der Waals surface area contributed by atoms with E-state index < -0.39 is 17.4 Å². The Balaban J connectivity index is 2.70. The molecule has 0 bridgehead atoms. The molecular weight excluding hydrogens is 286 g/mol. The number of carbonyl (C=O) groups is 2. The number of methoxy groups -OCH3 is 2. The molecule has 0 saturated heterocycles. The van der Waals surface area contributed by atoms with Crippen LogP contribution in [0.1, 0.15) is 26.3 Å². The van der Waals surface area contributed by atoms with E-state index in [2.05, 4.69) is 15.8 Å². The van der Waals surface area contributed by atoms with Crippen LogP contribution in [0.5, 0.6) is 11.5 Å². The minimum absolute atomic E-state index is 0.489. The van der Waals surface area contributed by atoms with E-state index in [9.17, 15) is 9.59 Å². The van der Waals surface area contributed by atoms with Gasteiger partial charge in [-0.3, -0.25) is 9.59 Å². The second-order valence-electron chi connectivity index (χ2n) is 5.51. The molecule has 0 atom stereocenters. The Morgan fingerprint density at radius 3 is 2.36 bits per heavy atom. The number of amides is 2. The highest BCUT2D eigenvalue weighted by atomic mass is 16.5. The monoisotopic (exact) mass is 307 g/mol. The summed E-state index contributed by atoms with van der Waals surface area (Å²) in [6.45, 7) is 5.34. The van der Waals surface area contributed by atoms with Gasteiger partial charge in [-0.25, -0.2) is 5.43 Å². The minimum atomic E-state index is -0.835. The largest absolute Gasteiger partial charge is 0.497 e. The van der Waals surface area contributed by atoms with E-state index in [1.54, 1.807) is 46.1 Å². The van der Waals surface area contributed by atoms with Crippen molar-refractivity contribution < 1.29 is 19.1 Å². The third-order valence-electron chi connectivity index (χ3n) is 2.51. The maximum Gasteiger partial charge on any atom is 0.329 e. The molecule has 1 rings (SSSR count). The third-order valence-corrected chi connectivity index (χ3v) is 2.51. The molecule has 22 heavy (non-hydrogen) atoms. The number of hydrazone groups is 1. The molecule has 0 aliphatic rings. The van der Waals surface area contributed by atoms with Crippen molar-refractivity contribution >= 4 is 18.0 Å². The molecule has 120 valence electrons. The highest BCUT2D eigenvalue weighted by Gasteiger charge is 2.19. The third kappa shape index (κ3) is 5.43. The fourth-order valence-corrected chi connectivity index (χ4v) is 1.53. The van der Waals surface area contributed by atoms with Gasteiger partial charge in [-0.05, 0) is 32.9 Å². The standard InChI is InChI=1S/C15H21N3O4/c1-15(2,3)17-13(19)14(20)18-16-9-10-6-7-11(21-4)8-12(10)22-5/h6-9H,1-5H3,(H,17,19)(H,18,20)/b16-9+. The summed E-state index contributed by atoms with van der Waals surface area (Å²) < 4.78 is 10.3. The molecule has 2 amide bonds. The normalized spacial score (nSPS) is 11.1. The molecule has 0 saturated carbocycles. The molecule has 0 heterocycles. The zero-order valence-corrected chi connectivity index (χ0v) is 13.4. The predicted octanol–water partition coefficient (Wildman–Crippen LogP) is 1.07. The summed E-state index contributed by atoms with van der Waals surface area (Å²) in [6, 6.07) is 5.15. The molecule has 0 aromatic heterocycles. The number of carbonyl (C=O) groups excluding carboxylic acids is 2. The van der Waals surface area contributed by atoms with Gasteiger partial charge in [0.05, 0.1) is 20.4 Å². The van der Waals surface area contributed by atoms with E-state index in [0.29, 0.717) is 17.1 Å². The second kappa shape index (κ2) is 7.44. The van der Waals surface area contributed by atoms with Crippen molar-refractivity contribution in [2.75, 3.05) is 14.2 Å². The van der Waals surface area contributed by atoms with Gasteiger partial charge in [-0.2, -0.15) is 5.10 Å². The van der Waals surface area contributed by atoms with Gasteiger partial charge >= 0.3 is 11.8 Å². The van der Waals surface area contributed by atoms with Crippen molar-refractivity contribution in [3.8, 4) is 11.5 Å². The lowest BCUT2D eigenvalue weighted by Crippen LogP contribution is -2.47. The van der Waals surface area contributed by atoms with Gasteiger partial charge in [0.1, 0.15) is 11.5 Å². The molecule has 0 fully saturated rings. The van der Waals surface area contributed by atoms with Crippen LogP contribution in [0.25, 0.3) is 0 Å². The molecule has 0 aliphatic carbocycles. The summed E-state index contributed by atoms with van der Waals surface area (Å²) in [5, 5.41) is 6.29. The first kappa shape index (κ1) is 17.5. The summed E-state index contributed by atoms with van der Waals surface area (Å²) in [6.07, 6.45) is 1.39. The summed E-state index contributed by atoms with van der Waals surface area (Å²) in [4.78, 5) is 23.1. The van der Waals surface area contributed by atoms with Crippen LogP contribution in [0.3, 0.4) is 0 Å². The van der Waals surface area contributed by atoms with Gasteiger partial charge in [-0.1, -0.05) is 0 Å². The van der Waals surface area contributed by atoms with Crippen molar-refractivity contribution in [3.63, 3.8) is 0 Å². The molecule has 0 spiro atoms. The van der Waals surface area contributed by atoms with Gasteiger partial charge in [0, 0.05) is 17.2 Å². The maximum atomic E-state index is 11.6. The molecule has 7 heteroatoms. The van der Waals surface area contributed by atoms with Gasteiger partial charge in [-0.15, -0.1) is 0 Å². The van der Waals surface area contributed by atoms with E-state index in [4.69, 9.17) is 9.47 Å². The van der Waals surface area contributed by atoms with Crippen molar-refractivity contribution in [2.45, 2.75) is 26.3 Å². The Kier molecular flexibility index (Phi) is 5.91. The van der Waals surface area contributed by atoms with Crippen LogP contribution in [0.2, 0.25) is 0 Å². The van der Waals surface area contributed by atoms with Crippen LogP contribution in [-0.2, 0) is 9.59 Å². The molecule has 0 radical (unpaired) electrons. The topological polar surface area (TPSA) is 89.0 Å². The number of rotatable bonds is 4. The number of hydrogen-bond donors (Lipinski definition) is 2. The van der Waals surface area contributed by atoms with Gasteiger partial charge in [0.25, 0.3) is 0 Å². The summed E-state index contributed by atoms with van der Waals surface area (Å²) >= 11 is 0. The Labute approximate surface area is 129 Å². The number of benzene rings is 1. The molecular formula is C15H21N3O4. The molecule has 0 unspecified atom stereocenters. The van der Waals surface area contributed by atoms with E-state index >= 15 is 0 Å². The van der Waals surface area contributed by atoms with Crippen LogP contribution < -0.4 is 20.2 Å². The van der Waals surface area contributed by atoms with Gasteiger partial charge in [0.2, 0.25) is 0 Å². The summed E-state index contributed by atoms with van der Waals surface area (Å²) in [5.74, 6) is -0.399. The Morgan fingerprint density at radius 2 is 1.82 bits per heavy atom. The van der Waals surface area contributed by atoms with E-state index in [1.807, 2.05) is 0 Å². The molecule has 1 aromatic rings. The van der Waals surface area contributed by atoms with Crippen molar-refractivity contribution in [1.29, 1.82) is 0 Å². The van der Waals surface area contributed by atoms with Crippen LogP contribution >= 0.6 is 0 Å². The van der Waals surface area contributed by atoms with Crippen LogP contribution in [0, 0.1) is 0 Å². The number of nitrogens with one attached hydrogen (secondary N) is 2. The number of nitrogens with zero attached hydrogens (tertiary/aromatic N) is 1. The molecule has 0 aliphatic heterocycles. The van der Waals surface area contributed by atoms with Gasteiger partial charge < -0.3 is 14.8 Å². The molecule has 1 aromatic carbocycles. The highest BCUT2D eigenvalue weighted by molar-refractivity contribution is 6.35. The van der Waals surface area contributed by atoms with Crippen LogP contribution in [0.4, 0.5) is 0 Å². The lowest BCUT2D eigenvalue weighted by atomic mass is 10.1. The van der Waals surface area contributed by atoms with E-state index in [0.717, 1.165) is 0 Å². The Hall–Kier alpha value is -2.57. The van der Waals surface area contributed by atoms with E-state index in [-0.39, 0.29) is 0 Å². The van der Waals surface area contributed by atoms with Gasteiger partial charge in [0.15, 0.2) is 0 Å². The summed E-state index contributed by atoms with van der Waals surface area (Å²) in [7, 11) is 3.07. The van der Waals surface area contributed by atoms with Crippen molar-refractivity contribution in [1.82, 2.24) is 10.7 Å². The first-order valence-electron chi connectivity index (χ1n) is 6.64. The first-order chi connectivity index (χ1) is 10.3. The fraction of sp³-hybridized carbons (Fsp3) is 0.400. The van der Waals surface area contributed by atoms with Crippen molar-refractivity contribution in [3.05, 3.63) is 23.8 Å². The first-order valence-corrected chi connectivity index (χ1v) is 6.64. The van der Waals surface area contributed by atoms with Crippen LogP contribution in [0.15, 0.2) is 23.3 Å². The minimum Gasteiger partial charge on any atom is -0.497 e. The predicted molar refractivity (Wildman–Crippen MR) is 83.2 cm³/mol. The lowest BCUT2D eigenvalue weighted by molar-refractivity contribution is -0.140. The quantitative estimate of drug-likeness (QED) is 0.495. The van der Waals surface area contributed by atoms with E-state index in [1.165, 1.54) is 13.3 Å². The Morgan fingerprint density at radius 1 is 1.14 bits per heavy atom. The average molecular weight is 307 g/mol. The van der Waals surface area contributed by atoms with Crippen molar-refractivity contribution in [2.24, 2.45) is 5.10 Å². The SMILES string of the molecule is COc1ccc(/C=N/NC(=O)C(=O)NC(C)(C)C)c(OC)c1. The zero-order chi connectivity index (χ0) is 16.8. The fourth-order valence-electron chi connectivity index (χ4n) is 1.53. The smallest absolute Gasteiger partial charge is 0.329 e. The zero-order valence-electron chi connectivity index (χ0n) is 13.4. The molecule has 2 N–H and O–H groups in total. The molecule has 7 nitrogen and oxygen atoms in total. The second-order valence-corrected chi connectivity index (χ2v) is 5.51. The number of ether oxygens (including phenoxy) is 2.